The molecular formula is C18H24F3N3O. The van der Waals surface area contributed by atoms with Gasteiger partial charge in [0.2, 0.25) is 5.91 Å². The number of hydrogen-bond acceptors (Lipinski definition) is 3. The molecular weight excluding hydrogens is 331 g/mol. The molecule has 1 saturated carbocycles. The maximum atomic E-state index is 12.8. The highest BCUT2D eigenvalue weighted by atomic mass is 19.4. The number of amides is 1. The summed E-state index contributed by atoms with van der Waals surface area (Å²) in [7, 11) is 0. The molecule has 1 aromatic rings. The summed E-state index contributed by atoms with van der Waals surface area (Å²) in [6, 6.07) is 0. The van der Waals surface area contributed by atoms with Gasteiger partial charge in [-0.05, 0) is 44.6 Å². The lowest BCUT2D eigenvalue weighted by atomic mass is 9.81. The highest BCUT2D eigenvalue weighted by Gasteiger charge is 2.41. The first-order valence-corrected chi connectivity index (χ1v) is 8.55. The third-order valence-electron chi connectivity index (χ3n) is 4.75. The molecule has 138 valence electrons. The first kappa shape index (κ1) is 19.4. The zero-order valence-corrected chi connectivity index (χ0v) is 14.4. The lowest BCUT2D eigenvalue weighted by molar-refractivity contribution is -0.184. The monoisotopic (exact) mass is 355 g/mol. The topological polar surface area (TPSA) is 46.1 Å². The van der Waals surface area contributed by atoms with Gasteiger partial charge in [-0.1, -0.05) is 6.58 Å². The van der Waals surface area contributed by atoms with Crippen molar-refractivity contribution in [2.75, 3.05) is 13.1 Å². The Morgan fingerprint density at radius 2 is 1.96 bits per heavy atom. The standard InChI is InChI=1S/C18H24F3N3O/c1-3-17(25)24(9-8-16-11-22-13(2)10-23-16)12-14-4-6-15(7-5-14)18(19,20)21/h3,10-11,14-15H,1,4-9,12H2,2H3. The minimum Gasteiger partial charge on any atom is -0.339 e. The smallest absolute Gasteiger partial charge is 0.339 e. The fourth-order valence-electron chi connectivity index (χ4n) is 3.20. The van der Waals surface area contributed by atoms with Crippen molar-refractivity contribution in [3.8, 4) is 0 Å². The second-order valence-corrected chi connectivity index (χ2v) is 6.65. The molecule has 0 N–H and O–H groups in total. The molecule has 0 spiro atoms. The van der Waals surface area contributed by atoms with Crippen molar-refractivity contribution < 1.29 is 18.0 Å². The lowest BCUT2D eigenvalue weighted by Gasteiger charge is -2.33. The van der Waals surface area contributed by atoms with Gasteiger partial charge in [0.25, 0.3) is 0 Å². The van der Waals surface area contributed by atoms with E-state index in [4.69, 9.17) is 0 Å². The Hall–Kier alpha value is -1.92. The lowest BCUT2D eigenvalue weighted by Crippen LogP contribution is -2.38. The van der Waals surface area contributed by atoms with Gasteiger partial charge in [0, 0.05) is 31.9 Å². The van der Waals surface area contributed by atoms with E-state index in [1.807, 2.05) is 6.92 Å². The molecule has 0 aliphatic heterocycles. The van der Waals surface area contributed by atoms with Gasteiger partial charge in [-0.2, -0.15) is 13.2 Å². The van der Waals surface area contributed by atoms with Crippen LogP contribution in [-0.2, 0) is 11.2 Å². The Bertz CT molecular complexity index is 578. The Morgan fingerprint density at radius 3 is 2.48 bits per heavy atom. The first-order chi connectivity index (χ1) is 11.8. The average molecular weight is 355 g/mol. The maximum Gasteiger partial charge on any atom is 0.391 e. The van der Waals surface area contributed by atoms with Crippen LogP contribution in [0.15, 0.2) is 25.0 Å². The van der Waals surface area contributed by atoms with Crippen molar-refractivity contribution in [2.24, 2.45) is 11.8 Å². The Balaban J connectivity index is 1.89. The molecule has 1 amide bonds. The van der Waals surface area contributed by atoms with Crippen LogP contribution in [0, 0.1) is 18.8 Å². The van der Waals surface area contributed by atoms with E-state index in [2.05, 4.69) is 16.5 Å². The highest BCUT2D eigenvalue weighted by Crippen LogP contribution is 2.39. The molecule has 1 aliphatic carbocycles. The fourth-order valence-corrected chi connectivity index (χ4v) is 3.20. The largest absolute Gasteiger partial charge is 0.391 e. The molecule has 25 heavy (non-hydrogen) atoms. The Labute approximate surface area is 146 Å². The summed E-state index contributed by atoms with van der Waals surface area (Å²) >= 11 is 0. The molecule has 1 heterocycles. The van der Waals surface area contributed by atoms with Gasteiger partial charge in [0.05, 0.1) is 17.3 Å². The summed E-state index contributed by atoms with van der Waals surface area (Å²) in [4.78, 5) is 22.2. The van der Waals surface area contributed by atoms with Crippen LogP contribution in [0.25, 0.3) is 0 Å². The summed E-state index contributed by atoms with van der Waals surface area (Å²) in [6.07, 6.45) is 2.35. The van der Waals surface area contributed by atoms with Crippen molar-refractivity contribution in [1.82, 2.24) is 14.9 Å². The van der Waals surface area contributed by atoms with E-state index in [0.29, 0.717) is 32.4 Å². The van der Waals surface area contributed by atoms with Crippen LogP contribution in [0.2, 0.25) is 0 Å². The van der Waals surface area contributed by atoms with E-state index in [9.17, 15) is 18.0 Å². The van der Waals surface area contributed by atoms with Crippen LogP contribution in [0.4, 0.5) is 13.2 Å². The number of hydrogen-bond donors (Lipinski definition) is 0. The number of carbonyl (C=O) groups is 1. The Kier molecular flexibility index (Phi) is 6.56. The van der Waals surface area contributed by atoms with Crippen molar-refractivity contribution in [3.63, 3.8) is 0 Å². The number of rotatable bonds is 6. The van der Waals surface area contributed by atoms with Gasteiger partial charge in [-0.15, -0.1) is 0 Å². The number of alkyl halides is 3. The van der Waals surface area contributed by atoms with E-state index < -0.39 is 12.1 Å². The van der Waals surface area contributed by atoms with Crippen LogP contribution >= 0.6 is 0 Å². The number of aryl methyl sites for hydroxylation is 1. The second kappa shape index (κ2) is 8.45. The zero-order chi connectivity index (χ0) is 18.4. The van der Waals surface area contributed by atoms with Crippen molar-refractivity contribution >= 4 is 5.91 Å². The van der Waals surface area contributed by atoms with Crippen LogP contribution in [0.3, 0.4) is 0 Å². The molecule has 0 bridgehead atoms. The van der Waals surface area contributed by atoms with E-state index in [1.54, 1.807) is 17.3 Å². The van der Waals surface area contributed by atoms with E-state index in [1.165, 1.54) is 6.08 Å². The summed E-state index contributed by atoms with van der Waals surface area (Å²) in [5.41, 5.74) is 1.61. The van der Waals surface area contributed by atoms with Gasteiger partial charge in [-0.25, -0.2) is 0 Å². The minimum atomic E-state index is -4.11. The van der Waals surface area contributed by atoms with Gasteiger partial charge < -0.3 is 4.90 Å². The second-order valence-electron chi connectivity index (χ2n) is 6.65. The summed E-state index contributed by atoms with van der Waals surface area (Å²) in [5, 5.41) is 0. The number of aromatic nitrogens is 2. The third-order valence-corrected chi connectivity index (χ3v) is 4.75. The summed E-state index contributed by atoms with van der Waals surface area (Å²) < 4.78 is 38.3. The summed E-state index contributed by atoms with van der Waals surface area (Å²) in [6.45, 7) is 6.29. The van der Waals surface area contributed by atoms with Crippen LogP contribution in [0.5, 0.6) is 0 Å². The number of halogens is 3. The van der Waals surface area contributed by atoms with Gasteiger partial charge >= 0.3 is 6.18 Å². The van der Waals surface area contributed by atoms with Crippen LogP contribution in [0.1, 0.15) is 37.1 Å². The molecule has 1 aromatic heterocycles. The quantitative estimate of drug-likeness (QED) is 0.731. The van der Waals surface area contributed by atoms with Crippen molar-refractivity contribution in [1.29, 1.82) is 0 Å². The predicted octanol–water partition coefficient (Wildman–Crippen LogP) is 3.71. The molecule has 0 atom stereocenters. The third kappa shape index (κ3) is 5.83. The van der Waals surface area contributed by atoms with Crippen LogP contribution in [-0.4, -0.2) is 40.0 Å². The number of nitrogens with zero attached hydrogens (tertiary/aromatic N) is 3. The van der Waals surface area contributed by atoms with E-state index in [0.717, 1.165) is 11.4 Å². The molecule has 7 heteroatoms. The molecule has 1 aliphatic rings. The fraction of sp³-hybridized carbons (Fsp3) is 0.611. The molecule has 1 fully saturated rings. The van der Waals surface area contributed by atoms with E-state index >= 15 is 0 Å². The van der Waals surface area contributed by atoms with Crippen LogP contribution < -0.4 is 0 Å². The maximum absolute atomic E-state index is 12.8. The van der Waals surface area contributed by atoms with Gasteiger partial charge in [-0.3, -0.25) is 14.8 Å². The normalized spacial score (nSPS) is 21.0. The average Bonchev–Trinajstić information content (AvgIpc) is 2.59. The van der Waals surface area contributed by atoms with Gasteiger partial charge in [0.15, 0.2) is 0 Å². The Morgan fingerprint density at radius 1 is 1.28 bits per heavy atom. The minimum absolute atomic E-state index is 0.103. The molecule has 0 unspecified atom stereocenters. The first-order valence-electron chi connectivity index (χ1n) is 8.55. The predicted molar refractivity (Wildman–Crippen MR) is 88.8 cm³/mol. The number of carbonyl (C=O) groups excluding carboxylic acids is 1. The zero-order valence-electron chi connectivity index (χ0n) is 14.4. The molecule has 0 saturated heterocycles. The van der Waals surface area contributed by atoms with Gasteiger partial charge in [0.1, 0.15) is 0 Å². The van der Waals surface area contributed by atoms with Crippen molar-refractivity contribution in [3.05, 3.63) is 36.4 Å². The molecule has 0 radical (unpaired) electrons. The highest BCUT2D eigenvalue weighted by molar-refractivity contribution is 5.87. The molecule has 4 nitrogen and oxygen atoms in total. The molecule has 0 aromatic carbocycles. The van der Waals surface area contributed by atoms with E-state index in [-0.39, 0.29) is 24.7 Å². The SMILES string of the molecule is C=CC(=O)N(CCc1cnc(C)cn1)CC1CCC(C(F)(F)F)CC1. The summed E-state index contributed by atoms with van der Waals surface area (Å²) in [5.74, 6) is -1.29. The molecule has 2 rings (SSSR count). The van der Waals surface area contributed by atoms with Crippen molar-refractivity contribution in [2.45, 2.75) is 45.2 Å².